The van der Waals surface area contributed by atoms with Gasteiger partial charge in [-0.3, -0.25) is 0 Å². The first-order valence-electron chi connectivity index (χ1n) is 8.05. The van der Waals surface area contributed by atoms with E-state index in [9.17, 15) is 14.4 Å². The number of nitrogens with two attached hydrogens (primary N) is 1. The summed E-state index contributed by atoms with van der Waals surface area (Å²) in [5.74, 6) is -2.67. The van der Waals surface area contributed by atoms with E-state index in [2.05, 4.69) is 10.1 Å². The lowest BCUT2D eigenvalue weighted by Gasteiger charge is -2.28. The summed E-state index contributed by atoms with van der Waals surface area (Å²) in [6.07, 6.45) is -2.08. The number of carbonyl (C=O) groups excluding carboxylic acids is 1. The second kappa shape index (κ2) is 5.59. The highest BCUT2D eigenvalue weighted by molar-refractivity contribution is 5.76. The smallest absolute Gasteiger partial charge is 0.337 e. The van der Waals surface area contributed by atoms with Crippen LogP contribution >= 0.6 is 0 Å². The van der Waals surface area contributed by atoms with Crippen molar-refractivity contribution in [2.45, 2.75) is 43.5 Å². The Balaban J connectivity index is 1.94. The van der Waals surface area contributed by atoms with Crippen molar-refractivity contribution in [3.63, 3.8) is 0 Å². The SMILES string of the molecule is COC(=O)[C@H]1O[C@@](C#N)(c2cc(F)c3c(N)ncnn23)[C@@H]2OC(C)(C)O[C@H]12. The summed E-state index contributed by atoms with van der Waals surface area (Å²) in [7, 11) is 1.19. The van der Waals surface area contributed by atoms with Gasteiger partial charge in [-0.2, -0.15) is 10.4 Å². The third-order valence-electron chi connectivity index (χ3n) is 4.66. The molecule has 11 heteroatoms. The summed E-state index contributed by atoms with van der Waals surface area (Å²) in [5.41, 5.74) is 3.75. The van der Waals surface area contributed by atoms with Crippen LogP contribution in [0.5, 0.6) is 0 Å². The quantitative estimate of drug-likeness (QED) is 0.731. The average Bonchev–Trinajstić information content (AvgIpc) is 3.23. The van der Waals surface area contributed by atoms with Crippen molar-refractivity contribution >= 4 is 17.3 Å². The summed E-state index contributed by atoms with van der Waals surface area (Å²) in [5, 5.41) is 14.0. The number of esters is 1. The minimum atomic E-state index is -1.88. The van der Waals surface area contributed by atoms with Crippen LogP contribution in [0.1, 0.15) is 19.5 Å². The van der Waals surface area contributed by atoms with Gasteiger partial charge >= 0.3 is 5.97 Å². The van der Waals surface area contributed by atoms with E-state index in [1.165, 1.54) is 7.11 Å². The Morgan fingerprint density at radius 2 is 2.19 bits per heavy atom. The van der Waals surface area contributed by atoms with Crippen LogP contribution in [-0.2, 0) is 29.3 Å². The van der Waals surface area contributed by atoms with E-state index in [4.69, 9.17) is 24.7 Å². The molecule has 2 aromatic rings. The number of anilines is 1. The highest BCUT2D eigenvalue weighted by Gasteiger charge is 2.67. The van der Waals surface area contributed by atoms with E-state index in [1.807, 2.05) is 6.07 Å². The molecule has 27 heavy (non-hydrogen) atoms. The second-order valence-corrected chi connectivity index (χ2v) is 6.71. The molecule has 0 aromatic carbocycles. The van der Waals surface area contributed by atoms with Crippen LogP contribution in [0.15, 0.2) is 12.4 Å². The van der Waals surface area contributed by atoms with Gasteiger partial charge in [0.2, 0.25) is 5.60 Å². The molecule has 2 aliphatic rings. The Morgan fingerprint density at radius 3 is 2.85 bits per heavy atom. The monoisotopic (exact) mass is 377 g/mol. The number of aromatic nitrogens is 3. The van der Waals surface area contributed by atoms with Gasteiger partial charge in [0.25, 0.3) is 0 Å². The molecule has 4 heterocycles. The van der Waals surface area contributed by atoms with Gasteiger partial charge in [0.1, 0.15) is 30.1 Å². The number of nitrogens with zero attached hydrogens (tertiary/aromatic N) is 4. The van der Waals surface area contributed by atoms with Gasteiger partial charge in [0.05, 0.1) is 12.8 Å². The number of halogens is 1. The molecule has 0 spiro atoms. The van der Waals surface area contributed by atoms with E-state index < -0.39 is 41.5 Å². The number of ether oxygens (including phenoxy) is 4. The van der Waals surface area contributed by atoms with Crippen LogP contribution in [0.3, 0.4) is 0 Å². The van der Waals surface area contributed by atoms with Crippen molar-refractivity contribution in [2.24, 2.45) is 0 Å². The van der Waals surface area contributed by atoms with Crippen LogP contribution in [0.25, 0.3) is 5.52 Å². The maximum atomic E-state index is 14.5. The Labute approximate surface area is 152 Å². The van der Waals surface area contributed by atoms with Gasteiger partial charge in [0, 0.05) is 6.07 Å². The number of hydrogen-bond acceptors (Lipinski definition) is 9. The molecule has 0 aliphatic carbocycles. The van der Waals surface area contributed by atoms with Gasteiger partial charge in [-0.05, 0) is 13.8 Å². The van der Waals surface area contributed by atoms with E-state index in [1.54, 1.807) is 13.8 Å². The van der Waals surface area contributed by atoms with E-state index in [-0.39, 0.29) is 17.0 Å². The molecule has 2 N–H and O–H groups in total. The molecule has 10 nitrogen and oxygen atoms in total. The lowest BCUT2D eigenvalue weighted by molar-refractivity contribution is -0.207. The molecule has 0 amide bonds. The molecule has 142 valence electrons. The minimum absolute atomic E-state index is 0.00861. The highest BCUT2D eigenvalue weighted by Crippen LogP contribution is 2.49. The number of hydrogen-bond donors (Lipinski definition) is 1. The van der Waals surface area contributed by atoms with Gasteiger partial charge in [-0.25, -0.2) is 18.7 Å². The Morgan fingerprint density at radius 1 is 1.44 bits per heavy atom. The molecule has 2 aliphatic heterocycles. The van der Waals surface area contributed by atoms with Crippen molar-refractivity contribution in [1.82, 2.24) is 14.6 Å². The van der Waals surface area contributed by atoms with Gasteiger partial charge in [0.15, 0.2) is 23.5 Å². The maximum absolute atomic E-state index is 14.5. The number of rotatable bonds is 2. The highest BCUT2D eigenvalue weighted by atomic mass is 19.1. The Bertz CT molecular complexity index is 985. The predicted octanol–water partition coefficient (Wildman–Crippen LogP) is 0.261. The first-order valence-corrected chi connectivity index (χ1v) is 8.05. The van der Waals surface area contributed by atoms with Gasteiger partial charge in [-0.15, -0.1) is 0 Å². The fourth-order valence-electron chi connectivity index (χ4n) is 3.60. The summed E-state index contributed by atoms with van der Waals surface area (Å²) in [6.45, 7) is 3.28. The largest absolute Gasteiger partial charge is 0.467 e. The number of nitriles is 1. The van der Waals surface area contributed by atoms with Crippen LogP contribution in [0.4, 0.5) is 10.2 Å². The van der Waals surface area contributed by atoms with Crippen LogP contribution in [-0.4, -0.2) is 51.8 Å². The lowest BCUT2D eigenvalue weighted by atomic mass is 9.92. The fraction of sp³-hybridized carbons (Fsp3) is 0.500. The summed E-state index contributed by atoms with van der Waals surface area (Å²) < 4.78 is 37.8. The third-order valence-corrected chi connectivity index (χ3v) is 4.66. The minimum Gasteiger partial charge on any atom is -0.467 e. The number of nitrogen functional groups attached to an aromatic ring is 1. The second-order valence-electron chi connectivity index (χ2n) is 6.71. The van der Waals surface area contributed by atoms with Crippen molar-refractivity contribution in [3.8, 4) is 6.07 Å². The Kier molecular flexibility index (Phi) is 3.64. The number of methoxy groups -OCH3 is 1. The van der Waals surface area contributed by atoms with Crippen molar-refractivity contribution in [1.29, 1.82) is 5.26 Å². The van der Waals surface area contributed by atoms with Crippen molar-refractivity contribution in [2.75, 3.05) is 12.8 Å². The zero-order valence-electron chi connectivity index (χ0n) is 14.7. The zero-order chi connectivity index (χ0) is 19.6. The molecular weight excluding hydrogens is 361 g/mol. The fourth-order valence-corrected chi connectivity index (χ4v) is 3.60. The molecule has 0 unspecified atom stereocenters. The molecule has 2 fully saturated rings. The zero-order valence-corrected chi connectivity index (χ0v) is 14.7. The standard InChI is InChI=1S/C16H16FN5O5/c1-15(2)25-10-11(14(23)24-3)26-16(5-18,12(10)27-15)8-4-7(17)9-13(19)20-6-21-22(8)9/h4,6,10-12H,1-3H3,(H2,19,20,21)/t10-,11+,12-,16+/m1/s1. The van der Waals surface area contributed by atoms with Crippen molar-refractivity contribution < 1.29 is 28.1 Å². The molecule has 0 bridgehead atoms. The van der Waals surface area contributed by atoms with E-state index in [0.29, 0.717) is 0 Å². The lowest BCUT2D eigenvalue weighted by Crippen LogP contribution is -2.40. The first-order chi connectivity index (χ1) is 12.7. The predicted molar refractivity (Wildman–Crippen MR) is 85.4 cm³/mol. The van der Waals surface area contributed by atoms with Crippen molar-refractivity contribution in [3.05, 3.63) is 23.9 Å². The summed E-state index contributed by atoms with van der Waals surface area (Å²) >= 11 is 0. The molecule has 2 saturated heterocycles. The molecule has 0 radical (unpaired) electrons. The third kappa shape index (κ3) is 2.31. The molecule has 2 aromatic heterocycles. The van der Waals surface area contributed by atoms with Crippen LogP contribution in [0.2, 0.25) is 0 Å². The summed E-state index contributed by atoms with van der Waals surface area (Å²) in [4.78, 5) is 16.0. The number of carbonyl (C=O) groups is 1. The molecular formula is C16H16FN5O5. The summed E-state index contributed by atoms with van der Waals surface area (Å²) in [6, 6.07) is 3.08. The van der Waals surface area contributed by atoms with E-state index >= 15 is 0 Å². The average molecular weight is 377 g/mol. The first kappa shape index (κ1) is 17.6. The van der Waals surface area contributed by atoms with Crippen LogP contribution < -0.4 is 5.73 Å². The van der Waals surface area contributed by atoms with Crippen LogP contribution in [0, 0.1) is 17.1 Å². The topological polar surface area (TPSA) is 134 Å². The molecule has 4 rings (SSSR count). The normalized spacial score (nSPS) is 31.6. The molecule has 4 atom stereocenters. The number of fused-ring (bicyclic) bond motifs is 2. The van der Waals surface area contributed by atoms with Gasteiger partial charge < -0.3 is 24.7 Å². The Hall–Kier alpha value is -2.81. The molecule has 0 saturated carbocycles. The maximum Gasteiger partial charge on any atom is 0.337 e. The van der Waals surface area contributed by atoms with Gasteiger partial charge in [-0.1, -0.05) is 0 Å². The van der Waals surface area contributed by atoms with E-state index in [0.717, 1.165) is 16.9 Å².